The smallest absolute Gasteiger partial charge is 0.308 e. The molecule has 5 rings (SSSR count). The van der Waals surface area contributed by atoms with Crippen molar-refractivity contribution in [2.24, 2.45) is 11.8 Å². The van der Waals surface area contributed by atoms with Gasteiger partial charge in [-0.2, -0.15) is 0 Å². The van der Waals surface area contributed by atoms with Gasteiger partial charge in [0, 0.05) is 36.9 Å². The van der Waals surface area contributed by atoms with E-state index in [0.717, 1.165) is 29.7 Å². The fraction of sp³-hybridized carbons (Fsp3) is 0.517. The summed E-state index contributed by atoms with van der Waals surface area (Å²) in [5.74, 6) is -1.05. The number of ether oxygens (including phenoxy) is 2. The van der Waals surface area contributed by atoms with E-state index in [0.29, 0.717) is 42.8 Å². The van der Waals surface area contributed by atoms with Gasteiger partial charge >= 0.3 is 5.97 Å². The topological polar surface area (TPSA) is 85.8 Å². The number of hydrogen-bond acceptors (Lipinski definition) is 6. The Kier molecular flexibility index (Phi) is 6.54. The molecule has 7 nitrogen and oxygen atoms in total. The summed E-state index contributed by atoms with van der Waals surface area (Å²) < 4.78 is 25.2. The first-order chi connectivity index (χ1) is 17.6. The van der Waals surface area contributed by atoms with Crippen molar-refractivity contribution in [2.75, 3.05) is 20.8 Å². The third kappa shape index (κ3) is 4.51. The molecular formula is C29H33FN2O5. The number of aromatic nitrogens is 1. The maximum absolute atomic E-state index is 15.1. The number of aryl methyl sites for hydroxylation is 1. The van der Waals surface area contributed by atoms with Gasteiger partial charge in [-0.1, -0.05) is 19.9 Å². The van der Waals surface area contributed by atoms with Gasteiger partial charge in [0.15, 0.2) is 5.78 Å². The van der Waals surface area contributed by atoms with Crippen LogP contribution in [0.15, 0.2) is 24.3 Å². The lowest BCUT2D eigenvalue weighted by Crippen LogP contribution is -2.50. The summed E-state index contributed by atoms with van der Waals surface area (Å²) >= 11 is 0. The molecule has 2 heterocycles. The van der Waals surface area contributed by atoms with Crippen molar-refractivity contribution in [3.8, 4) is 5.88 Å². The number of nitrogens with zero attached hydrogens (tertiary/aromatic N) is 2. The number of rotatable bonds is 6. The minimum atomic E-state index is -0.820. The van der Waals surface area contributed by atoms with Crippen molar-refractivity contribution in [1.82, 2.24) is 9.88 Å². The van der Waals surface area contributed by atoms with Crippen LogP contribution in [0.2, 0.25) is 0 Å². The van der Waals surface area contributed by atoms with Gasteiger partial charge in [0.25, 0.3) is 0 Å². The first-order valence-electron chi connectivity index (χ1n) is 12.9. The number of benzene rings is 1. The number of halogens is 1. The molecule has 1 amide bonds. The van der Waals surface area contributed by atoms with Gasteiger partial charge in [-0.05, 0) is 59.9 Å². The summed E-state index contributed by atoms with van der Waals surface area (Å²) in [6.45, 7) is 4.43. The first kappa shape index (κ1) is 25.4. The quantitative estimate of drug-likeness (QED) is 0.551. The molecule has 1 aliphatic heterocycles. The lowest BCUT2D eigenvalue weighted by atomic mass is 9.73. The zero-order valence-corrected chi connectivity index (χ0v) is 21.8. The minimum absolute atomic E-state index is 0.0139. The molecule has 0 saturated heterocycles. The van der Waals surface area contributed by atoms with Crippen LogP contribution in [0, 0.1) is 17.7 Å². The van der Waals surface area contributed by atoms with Crippen LogP contribution in [0.4, 0.5) is 4.39 Å². The van der Waals surface area contributed by atoms with E-state index in [1.165, 1.54) is 20.3 Å². The van der Waals surface area contributed by atoms with Gasteiger partial charge in [-0.25, -0.2) is 9.37 Å². The van der Waals surface area contributed by atoms with Crippen LogP contribution in [0.5, 0.6) is 5.88 Å². The highest BCUT2D eigenvalue weighted by Crippen LogP contribution is 2.42. The van der Waals surface area contributed by atoms with Crippen LogP contribution in [-0.2, 0) is 43.8 Å². The van der Waals surface area contributed by atoms with Crippen LogP contribution in [0.25, 0.3) is 0 Å². The monoisotopic (exact) mass is 508 g/mol. The van der Waals surface area contributed by atoms with Gasteiger partial charge < -0.3 is 14.4 Å². The highest BCUT2D eigenvalue weighted by molar-refractivity contribution is 5.93. The third-order valence-corrected chi connectivity index (χ3v) is 8.30. The predicted octanol–water partition coefficient (Wildman–Crippen LogP) is 3.89. The Bertz CT molecular complexity index is 1270. The fourth-order valence-corrected chi connectivity index (χ4v) is 6.23. The molecule has 1 aromatic carbocycles. The third-order valence-electron chi connectivity index (χ3n) is 8.30. The van der Waals surface area contributed by atoms with Crippen molar-refractivity contribution in [3.05, 3.63) is 58.0 Å². The van der Waals surface area contributed by atoms with Crippen LogP contribution >= 0.6 is 0 Å². The molecule has 2 aromatic rings. The molecule has 1 fully saturated rings. The summed E-state index contributed by atoms with van der Waals surface area (Å²) in [5, 5.41) is 0. The maximum atomic E-state index is 15.1. The van der Waals surface area contributed by atoms with Crippen LogP contribution < -0.4 is 4.74 Å². The van der Waals surface area contributed by atoms with Crippen molar-refractivity contribution < 1.29 is 28.2 Å². The first-order valence-corrected chi connectivity index (χ1v) is 12.9. The number of Topliss-reactive ketones (excluding diaryl/α,β-unsaturated/α-hetero) is 1. The van der Waals surface area contributed by atoms with Crippen molar-refractivity contribution >= 4 is 17.7 Å². The number of pyridine rings is 1. The molecule has 1 atom stereocenters. The highest BCUT2D eigenvalue weighted by atomic mass is 19.1. The molecule has 196 valence electrons. The van der Waals surface area contributed by atoms with E-state index in [-0.39, 0.29) is 47.1 Å². The number of carbonyl (C=O) groups is 3. The van der Waals surface area contributed by atoms with Crippen molar-refractivity contribution in [2.45, 2.75) is 63.8 Å². The van der Waals surface area contributed by atoms with Crippen LogP contribution in [-0.4, -0.2) is 48.3 Å². The summed E-state index contributed by atoms with van der Waals surface area (Å²) in [6, 6.07) is 6.09. The van der Waals surface area contributed by atoms with Gasteiger partial charge in [0.05, 0.1) is 25.8 Å². The standard InChI is InChI=1S/C29H33FN2O5/c1-29(2)9-7-17-11-16(12-21(30)25(17)29)13-23(33)26-20-5-6-24(36-3)31-22(20)8-10-32(26)27(34)18-14-19(15-18)28(35)37-4/h5-6,11-12,18-19,26H,7-10,13-15H2,1-4H3. The average Bonchev–Trinajstić information content (AvgIpc) is 3.16. The second-order valence-corrected chi connectivity index (χ2v) is 11.1. The molecule has 0 N–H and O–H groups in total. The van der Waals surface area contributed by atoms with E-state index in [2.05, 4.69) is 4.98 Å². The highest BCUT2D eigenvalue weighted by Gasteiger charge is 2.45. The molecule has 2 aliphatic carbocycles. The molecule has 1 unspecified atom stereocenters. The Morgan fingerprint density at radius 3 is 2.57 bits per heavy atom. The molecule has 1 saturated carbocycles. The van der Waals surface area contributed by atoms with E-state index in [4.69, 9.17) is 9.47 Å². The second-order valence-electron chi connectivity index (χ2n) is 11.1. The number of fused-ring (bicyclic) bond motifs is 2. The lowest BCUT2D eigenvalue weighted by molar-refractivity contribution is -0.156. The van der Waals surface area contributed by atoms with Crippen LogP contribution in [0.3, 0.4) is 0 Å². The van der Waals surface area contributed by atoms with Gasteiger partial charge in [-0.3, -0.25) is 14.4 Å². The van der Waals surface area contributed by atoms with E-state index in [1.807, 2.05) is 19.9 Å². The average molecular weight is 509 g/mol. The summed E-state index contributed by atoms with van der Waals surface area (Å²) in [6.07, 6.45) is 3.00. The number of esters is 1. The Hall–Kier alpha value is -3.29. The van der Waals surface area contributed by atoms with Crippen molar-refractivity contribution in [1.29, 1.82) is 0 Å². The summed E-state index contributed by atoms with van der Waals surface area (Å²) in [5.41, 5.74) is 3.50. The maximum Gasteiger partial charge on any atom is 0.308 e. The molecule has 0 bridgehead atoms. The largest absolute Gasteiger partial charge is 0.481 e. The minimum Gasteiger partial charge on any atom is -0.481 e. The molecule has 3 aliphatic rings. The number of carbonyl (C=O) groups excluding carboxylic acids is 3. The number of amides is 1. The van der Waals surface area contributed by atoms with E-state index < -0.39 is 6.04 Å². The molecule has 37 heavy (non-hydrogen) atoms. The van der Waals surface area contributed by atoms with Crippen molar-refractivity contribution in [3.63, 3.8) is 0 Å². The fourth-order valence-electron chi connectivity index (χ4n) is 6.23. The SMILES string of the molecule is COC(=O)C1CC(C(=O)N2CCc3nc(OC)ccc3C2C(=O)Cc2cc(F)c3c(c2)CCC3(C)C)C1. The normalized spacial score (nSPS) is 23.5. The lowest BCUT2D eigenvalue weighted by Gasteiger charge is -2.41. The van der Waals surface area contributed by atoms with Gasteiger partial charge in [0.2, 0.25) is 11.8 Å². The second kappa shape index (κ2) is 9.54. The number of ketones is 1. The zero-order chi connectivity index (χ0) is 26.5. The Morgan fingerprint density at radius 2 is 1.86 bits per heavy atom. The van der Waals surface area contributed by atoms with Gasteiger partial charge in [0.1, 0.15) is 11.9 Å². The van der Waals surface area contributed by atoms with E-state index >= 15 is 4.39 Å². The van der Waals surface area contributed by atoms with E-state index in [1.54, 1.807) is 17.0 Å². The zero-order valence-electron chi connectivity index (χ0n) is 21.8. The Balaban J connectivity index is 1.43. The molecule has 1 aromatic heterocycles. The molecule has 0 spiro atoms. The number of hydrogen-bond donors (Lipinski definition) is 0. The molecule has 8 heteroatoms. The Morgan fingerprint density at radius 1 is 1.11 bits per heavy atom. The summed E-state index contributed by atoms with van der Waals surface area (Å²) in [7, 11) is 2.88. The van der Waals surface area contributed by atoms with Gasteiger partial charge in [-0.15, -0.1) is 0 Å². The van der Waals surface area contributed by atoms with Crippen LogP contribution in [0.1, 0.15) is 67.1 Å². The molecular weight excluding hydrogens is 475 g/mol. The predicted molar refractivity (Wildman–Crippen MR) is 134 cm³/mol. The number of methoxy groups -OCH3 is 2. The van der Waals surface area contributed by atoms with E-state index in [9.17, 15) is 14.4 Å². The summed E-state index contributed by atoms with van der Waals surface area (Å²) in [4.78, 5) is 45.4. The Labute approximate surface area is 216 Å². The molecule has 0 radical (unpaired) electrons.